The zero-order chi connectivity index (χ0) is 13.2. The number of anilines is 1. The van der Waals surface area contributed by atoms with E-state index in [0.717, 1.165) is 25.2 Å². The minimum absolute atomic E-state index is 0.175. The summed E-state index contributed by atoms with van der Waals surface area (Å²) >= 11 is 5.94. The highest BCUT2D eigenvalue weighted by atomic mass is 35.5. The topological polar surface area (TPSA) is 42.1 Å². The van der Waals surface area contributed by atoms with Crippen LogP contribution >= 0.6 is 11.6 Å². The van der Waals surface area contributed by atoms with E-state index in [0.29, 0.717) is 5.15 Å². The summed E-state index contributed by atoms with van der Waals surface area (Å²) in [6.45, 7) is 1.59. The zero-order valence-corrected chi connectivity index (χ0v) is 11.3. The van der Waals surface area contributed by atoms with Crippen molar-refractivity contribution in [3.8, 4) is 0 Å². The van der Waals surface area contributed by atoms with Crippen LogP contribution in [-0.4, -0.2) is 17.6 Å². The zero-order valence-electron chi connectivity index (χ0n) is 10.6. The molecule has 1 aliphatic rings. The minimum Gasteiger partial charge on any atom is -0.364 e. The summed E-state index contributed by atoms with van der Waals surface area (Å²) < 4.78 is 0. The molecule has 0 saturated heterocycles. The van der Waals surface area contributed by atoms with Crippen molar-refractivity contribution < 1.29 is 0 Å². The Kier molecular flexibility index (Phi) is 3.40. The fraction of sp³-hybridized carbons (Fsp3) is 0.267. The summed E-state index contributed by atoms with van der Waals surface area (Å²) in [7, 11) is 0. The Morgan fingerprint density at radius 1 is 1.21 bits per heavy atom. The van der Waals surface area contributed by atoms with Crippen molar-refractivity contribution in [2.45, 2.75) is 19.0 Å². The molecule has 2 aromatic rings. The number of pyridine rings is 1. The molecule has 0 saturated carbocycles. The third kappa shape index (κ3) is 2.72. The number of rotatable bonds is 2. The van der Waals surface area contributed by atoms with Gasteiger partial charge in [-0.25, -0.2) is 4.98 Å². The van der Waals surface area contributed by atoms with Crippen molar-refractivity contribution in [2.24, 2.45) is 5.73 Å². The summed E-state index contributed by atoms with van der Waals surface area (Å²) in [5.41, 5.74) is 9.67. The maximum atomic E-state index is 6.14. The van der Waals surface area contributed by atoms with E-state index in [-0.39, 0.29) is 6.04 Å². The predicted octanol–water partition coefficient (Wildman–Crippen LogP) is 2.63. The first kappa shape index (κ1) is 12.5. The molecule has 1 aromatic carbocycles. The molecule has 1 atom stereocenters. The second kappa shape index (κ2) is 5.19. The van der Waals surface area contributed by atoms with Gasteiger partial charge in [0.25, 0.3) is 0 Å². The second-order valence-electron chi connectivity index (χ2n) is 4.93. The van der Waals surface area contributed by atoms with Crippen molar-refractivity contribution in [1.29, 1.82) is 0 Å². The molecule has 98 valence electrons. The van der Waals surface area contributed by atoms with Gasteiger partial charge in [-0.15, -0.1) is 0 Å². The fourth-order valence-electron chi connectivity index (χ4n) is 2.60. The molecule has 3 rings (SSSR count). The van der Waals surface area contributed by atoms with Crippen LogP contribution in [0.1, 0.15) is 11.3 Å². The summed E-state index contributed by atoms with van der Waals surface area (Å²) in [5, 5.41) is 0.534. The summed E-state index contributed by atoms with van der Waals surface area (Å²) in [4.78, 5) is 6.63. The van der Waals surface area contributed by atoms with Gasteiger partial charge in [-0.1, -0.05) is 35.9 Å². The number of fused-ring (bicyclic) bond motifs is 1. The molecule has 1 aromatic heterocycles. The van der Waals surface area contributed by atoms with Crippen LogP contribution in [0.3, 0.4) is 0 Å². The van der Waals surface area contributed by atoms with Gasteiger partial charge in [0.2, 0.25) is 0 Å². The van der Waals surface area contributed by atoms with Crippen LogP contribution in [-0.2, 0) is 13.0 Å². The molecule has 3 nitrogen and oxygen atoms in total. The normalized spacial score (nSPS) is 18.2. The number of para-hydroxylation sites is 1. The van der Waals surface area contributed by atoms with Crippen molar-refractivity contribution in [2.75, 3.05) is 11.4 Å². The third-order valence-corrected chi connectivity index (χ3v) is 3.61. The monoisotopic (exact) mass is 273 g/mol. The van der Waals surface area contributed by atoms with Crippen LogP contribution in [0.2, 0.25) is 5.15 Å². The number of nitrogens with zero attached hydrogens (tertiary/aromatic N) is 2. The van der Waals surface area contributed by atoms with Gasteiger partial charge in [-0.3, -0.25) is 0 Å². The van der Waals surface area contributed by atoms with E-state index in [1.165, 1.54) is 11.3 Å². The molecular formula is C15H16ClN3. The van der Waals surface area contributed by atoms with Gasteiger partial charge in [0, 0.05) is 18.3 Å². The van der Waals surface area contributed by atoms with Crippen LogP contribution in [0.4, 0.5) is 5.69 Å². The van der Waals surface area contributed by atoms with Crippen LogP contribution in [0.5, 0.6) is 0 Å². The molecular weight excluding hydrogens is 258 g/mol. The molecule has 4 heteroatoms. The second-order valence-corrected chi connectivity index (χ2v) is 5.31. The summed E-state index contributed by atoms with van der Waals surface area (Å²) in [6.07, 6.45) is 0.940. The van der Waals surface area contributed by atoms with Gasteiger partial charge < -0.3 is 10.6 Å². The fourth-order valence-corrected chi connectivity index (χ4v) is 2.79. The van der Waals surface area contributed by atoms with E-state index in [1.807, 2.05) is 12.1 Å². The summed E-state index contributed by atoms with van der Waals surface area (Å²) in [6, 6.07) is 14.3. The van der Waals surface area contributed by atoms with E-state index >= 15 is 0 Å². The van der Waals surface area contributed by atoms with E-state index in [2.05, 4.69) is 34.1 Å². The molecule has 2 N–H and O–H groups in total. The van der Waals surface area contributed by atoms with Crippen LogP contribution in [0.25, 0.3) is 0 Å². The van der Waals surface area contributed by atoms with Gasteiger partial charge in [0.15, 0.2) is 0 Å². The first-order chi connectivity index (χ1) is 9.22. The Morgan fingerprint density at radius 3 is 2.89 bits per heavy atom. The highest BCUT2D eigenvalue weighted by Crippen LogP contribution is 2.27. The number of nitrogens with two attached hydrogens (primary N) is 1. The van der Waals surface area contributed by atoms with Crippen molar-refractivity contribution in [3.63, 3.8) is 0 Å². The van der Waals surface area contributed by atoms with Gasteiger partial charge in [0.1, 0.15) is 5.15 Å². The number of hydrogen-bond donors (Lipinski definition) is 1. The van der Waals surface area contributed by atoms with Gasteiger partial charge in [-0.2, -0.15) is 0 Å². The van der Waals surface area contributed by atoms with E-state index < -0.39 is 0 Å². The third-order valence-electron chi connectivity index (χ3n) is 3.39. The Hall–Kier alpha value is -1.58. The van der Waals surface area contributed by atoms with Crippen LogP contribution < -0.4 is 10.6 Å². The molecule has 1 unspecified atom stereocenters. The molecule has 0 aliphatic carbocycles. The highest BCUT2D eigenvalue weighted by molar-refractivity contribution is 6.29. The molecule has 0 amide bonds. The number of hydrogen-bond acceptors (Lipinski definition) is 3. The lowest BCUT2D eigenvalue weighted by Crippen LogP contribution is -2.43. The largest absolute Gasteiger partial charge is 0.364 e. The van der Waals surface area contributed by atoms with Crippen molar-refractivity contribution in [3.05, 3.63) is 58.9 Å². The number of halogens is 1. The van der Waals surface area contributed by atoms with Crippen molar-refractivity contribution >= 4 is 17.3 Å². The maximum absolute atomic E-state index is 6.14. The maximum Gasteiger partial charge on any atom is 0.129 e. The van der Waals surface area contributed by atoms with E-state index in [9.17, 15) is 0 Å². The number of benzene rings is 1. The average Bonchev–Trinajstić information content (AvgIpc) is 2.38. The van der Waals surface area contributed by atoms with E-state index in [1.54, 1.807) is 6.07 Å². The quantitative estimate of drug-likeness (QED) is 0.856. The first-order valence-electron chi connectivity index (χ1n) is 6.42. The molecule has 0 spiro atoms. The SMILES string of the molecule is NC1Cc2ccccc2N(Cc2cccc(Cl)n2)C1. The standard InChI is InChI=1S/C15H16ClN3/c16-15-7-3-5-13(18-15)10-19-9-12(17)8-11-4-1-2-6-14(11)19/h1-7,12H,8-10,17H2. The molecule has 0 radical (unpaired) electrons. The predicted molar refractivity (Wildman–Crippen MR) is 78.4 cm³/mol. The lowest BCUT2D eigenvalue weighted by atomic mass is 9.98. The molecule has 2 heterocycles. The molecule has 0 bridgehead atoms. The van der Waals surface area contributed by atoms with Crippen molar-refractivity contribution in [1.82, 2.24) is 4.98 Å². The Balaban J connectivity index is 1.89. The Morgan fingerprint density at radius 2 is 2.05 bits per heavy atom. The van der Waals surface area contributed by atoms with Crippen LogP contribution in [0.15, 0.2) is 42.5 Å². The summed E-state index contributed by atoms with van der Waals surface area (Å²) in [5.74, 6) is 0. The first-order valence-corrected chi connectivity index (χ1v) is 6.80. The van der Waals surface area contributed by atoms with Gasteiger partial charge >= 0.3 is 0 Å². The van der Waals surface area contributed by atoms with Crippen LogP contribution in [0, 0.1) is 0 Å². The lowest BCUT2D eigenvalue weighted by molar-refractivity contribution is 0.595. The van der Waals surface area contributed by atoms with Gasteiger partial charge in [0.05, 0.1) is 12.2 Å². The Bertz CT molecular complexity index is 585. The van der Waals surface area contributed by atoms with Gasteiger partial charge in [-0.05, 0) is 30.2 Å². The molecule has 19 heavy (non-hydrogen) atoms. The minimum atomic E-state index is 0.175. The average molecular weight is 274 g/mol. The Labute approximate surface area is 118 Å². The number of aromatic nitrogens is 1. The molecule has 0 fully saturated rings. The lowest BCUT2D eigenvalue weighted by Gasteiger charge is -2.34. The highest BCUT2D eigenvalue weighted by Gasteiger charge is 2.21. The smallest absolute Gasteiger partial charge is 0.129 e. The van der Waals surface area contributed by atoms with E-state index in [4.69, 9.17) is 17.3 Å². The molecule has 1 aliphatic heterocycles.